The number of thiol groups is 1. The van der Waals surface area contributed by atoms with Gasteiger partial charge in [-0.25, -0.2) is 5.01 Å². The van der Waals surface area contributed by atoms with E-state index in [1.165, 1.54) is 0 Å². The van der Waals surface area contributed by atoms with Gasteiger partial charge in [-0.1, -0.05) is 24.4 Å². The highest BCUT2D eigenvalue weighted by molar-refractivity contribution is 8.11. The minimum Gasteiger partial charge on any atom is -0.304 e. The predicted molar refractivity (Wildman–Crippen MR) is 45.4 cm³/mol. The number of thiocarbonyl (C=S) groups is 1. The molecule has 0 saturated carbocycles. The summed E-state index contributed by atoms with van der Waals surface area (Å²) < 4.78 is 0.527. The molecule has 0 radical (unpaired) electrons. The second-order valence-corrected chi connectivity index (χ2v) is 2.95. The maximum atomic E-state index is 4.72. The lowest BCUT2D eigenvalue weighted by Gasteiger charge is -2.14. The first-order chi connectivity index (χ1) is 4.29. The second-order valence-electron chi connectivity index (χ2n) is 1.79. The second kappa shape index (κ2) is 3.20. The fraction of sp³-hybridized carbons (Fsp3) is 0.400. The minimum absolute atomic E-state index is 0.527. The Balaban J connectivity index is 2.22. The highest BCUT2D eigenvalue weighted by Gasteiger charge is 2.03. The van der Waals surface area contributed by atoms with Gasteiger partial charge in [-0.15, -0.1) is 12.6 Å². The van der Waals surface area contributed by atoms with E-state index in [1.807, 2.05) is 5.01 Å². The van der Waals surface area contributed by atoms with Crippen molar-refractivity contribution in [1.29, 1.82) is 0 Å². The average Bonchev–Trinajstić information content (AvgIpc) is 2.15. The van der Waals surface area contributed by atoms with Gasteiger partial charge in [0.2, 0.25) is 0 Å². The predicted octanol–water partition coefficient (Wildman–Crippen LogP) is 0.578. The number of hydrazine groups is 1. The Morgan fingerprint density at radius 3 is 2.56 bits per heavy atom. The number of rotatable bonds is 1. The molecule has 0 saturated heterocycles. The van der Waals surface area contributed by atoms with Crippen LogP contribution in [0.15, 0.2) is 12.2 Å². The van der Waals surface area contributed by atoms with Gasteiger partial charge in [0.15, 0.2) is 0 Å². The van der Waals surface area contributed by atoms with Crippen LogP contribution in [0.4, 0.5) is 0 Å². The van der Waals surface area contributed by atoms with Crippen molar-refractivity contribution in [3.8, 4) is 0 Å². The molecule has 1 N–H and O–H groups in total. The van der Waals surface area contributed by atoms with Crippen LogP contribution in [0.3, 0.4) is 0 Å². The largest absolute Gasteiger partial charge is 0.304 e. The van der Waals surface area contributed by atoms with Crippen LogP contribution in [0.2, 0.25) is 0 Å². The van der Waals surface area contributed by atoms with E-state index < -0.39 is 0 Å². The van der Waals surface area contributed by atoms with Crippen molar-refractivity contribution in [3.05, 3.63) is 12.2 Å². The van der Waals surface area contributed by atoms with Gasteiger partial charge in [0.05, 0.1) is 0 Å². The summed E-state index contributed by atoms with van der Waals surface area (Å²) in [5.74, 6) is 0. The molecule has 0 aliphatic carbocycles. The van der Waals surface area contributed by atoms with Crippen molar-refractivity contribution in [3.63, 3.8) is 0 Å². The highest BCUT2D eigenvalue weighted by atomic mass is 32.1. The number of nitrogens with one attached hydrogen (secondary N) is 1. The number of nitrogens with zero attached hydrogens (tertiary/aromatic N) is 1. The molecule has 0 fully saturated rings. The third kappa shape index (κ3) is 2.34. The van der Waals surface area contributed by atoms with Crippen LogP contribution in [0.1, 0.15) is 0 Å². The SMILES string of the molecule is S=C(S)NN1CC=CC1. The molecule has 0 aromatic carbocycles. The molecule has 1 heterocycles. The Morgan fingerprint density at radius 1 is 1.56 bits per heavy atom. The van der Waals surface area contributed by atoms with Gasteiger partial charge in [0, 0.05) is 13.1 Å². The van der Waals surface area contributed by atoms with Gasteiger partial charge in [-0.2, -0.15) is 0 Å². The molecule has 0 atom stereocenters. The average molecular weight is 160 g/mol. The molecule has 4 heteroatoms. The summed E-state index contributed by atoms with van der Waals surface area (Å²) in [4.78, 5) is 0. The molecule has 0 bridgehead atoms. The zero-order chi connectivity index (χ0) is 6.69. The molecule has 0 amide bonds. The molecule has 9 heavy (non-hydrogen) atoms. The Labute approximate surface area is 65.3 Å². The smallest absolute Gasteiger partial charge is 0.145 e. The zero-order valence-electron chi connectivity index (χ0n) is 4.87. The Bertz CT molecular complexity index is 136. The van der Waals surface area contributed by atoms with E-state index in [0.29, 0.717) is 4.32 Å². The monoisotopic (exact) mass is 160 g/mol. The highest BCUT2D eigenvalue weighted by Crippen LogP contribution is 1.94. The van der Waals surface area contributed by atoms with E-state index >= 15 is 0 Å². The molecule has 1 rings (SSSR count). The molecular weight excluding hydrogens is 152 g/mol. The van der Waals surface area contributed by atoms with Gasteiger partial charge < -0.3 is 5.43 Å². The molecule has 2 nitrogen and oxygen atoms in total. The van der Waals surface area contributed by atoms with Gasteiger partial charge in [-0.05, 0) is 0 Å². The van der Waals surface area contributed by atoms with Gasteiger partial charge >= 0.3 is 0 Å². The number of hydrogen-bond donors (Lipinski definition) is 2. The normalized spacial score (nSPS) is 18.3. The van der Waals surface area contributed by atoms with Crippen molar-refractivity contribution in [2.24, 2.45) is 0 Å². The van der Waals surface area contributed by atoms with Crippen molar-refractivity contribution in [2.75, 3.05) is 13.1 Å². The fourth-order valence-electron chi connectivity index (χ4n) is 0.705. The first kappa shape index (κ1) is 7.05. The Morgan fingerprint density at radius 2 is 2.11 bits per heavy atom. The lowest BCUT2D eigenvalue weighted by molar-refractivity contribution is 0.314. The summed E-state index contributed by atoms with van der Waals surface area (Å²) in [5, 5.41) is 1.98. The topological polar surface area (TPSA) is 15.3 Å². The fourth-order valence-corrected chi connectivity index (χ4v) is 0.975. The first-order valence-corrected chi connectivity index (χ1v) is 3.54. The van der Waals surface area contributed by atoms with E-state index in [-0.39, 0.29) is 0 Å². The van der Waals surface area contributed by atoms with Crippen LogP contribution in [0, 0.1) is 0 Å². The van der Waals surface area contributed by atoms with Crippen molar-refractivity contribution < 1.29 is 0 Å². The maximum Gasteiger partial charge on any atom is 0.145 e. The van der Waals surface area contributed by atoms with Gasteiger partial charge in [-0.3, -0.25) is 0 Å². The Kier molecular flexibility index (Phi) is 2.50. The van der Waals surface area contributed by atoms with E-state index in [2.05, 4.69) is 30.2 Å². The third-order valence-corrected chi connectivity index (χ3v) is 1.26. The van der Waals surface area contributed by atoms with Crippen LogP contribution in [-0.2, 0) is 0 Å². The van der Waals surface area contributed by atoms with E-state index in [1.54, 1.807) is 0 Å². The maximum absolute atomic E-state index is 4.72. The lowest BCUT2D eigenvalue weighted by Crippen LogP contribution is -2.37. The van der Waals surface area contributed by atoms with Crippen LogP contribution in [0.25, 0.3) is 0 Å². The standard InChI is InChI=1S/C5H8N2S2/c8-5(9)6-7-3-1-2-4-7/h1-2H,3-4H2,(H2,6,8,9). The summed E-state index contributed by atoms with van der Waals surface area (Å²) in [6.07, 6.45) is 4.16. The van der Waals surface area contributed by atoms with Crippen molar-refractivity contribution in [2.45, 2.75) is 0 Å². The summed E-state index contributed by atoms with van der Waals surface area (Å²) in [5.41, 5.74) is 2.91. The molecule has 0 aromatic heterocycles. The van der Waals surface area contributed by atoms with Gasteiger partial charge in [0.25, 0.3) is 0 Å². The van der Waals surface area contributed by atoms with Crippen molar-refractivity contribution >= 4 is 29.2 Å². The molecule has 0 unspecified atom stereocenters. The lowest BCUT2D eigenvalue weighted by atomic mass is 10.6. The molecule has 1 aliphatic heterocycles. The zero-order valence-corrected chi connectivity index (χ0v) is 6.58. The summed E-state index contributed by atoms with van der Waals surface area (Å²) >= 11 is 8.64. The van der Waals surface area contributed by atoms with Crippen LogP contribution in [-0.4, -0.2) is 22.4 Å². The van der Waals surface area contributed by atoms with Crippen molar-refractivity contribution in [1.82, 2.24) is 10.4 Å². The molecule has 50 valence electrons. The molecule has 1 aliphatic rings. The molecular formula is C5H8N2S2. The summed E-state index contributed by atoms with van der Waals surface area (Å²) in [6, 6.07) is 0. The van der Waals surface area contributed by atoms with Gasteiger partial charge in [0.1, 0.15) is 4.32 Å². The third-order valence-electron chi connectivity index (χ3n) is 1.07. The number of hydrogen-bond acceptors (Lipinski definition) is 2. The summed E-state index contributed by atoms with van der Waals surface area (Å²) in [7, 11) is 0. The molecule has 0 spiro atoms. The van der Waals surface area contributed by atoms with E-state index in [4.69, 9.17) is 12.2 Å². The van der Waals surface area contributed by atoms with E-state index in [0.717, 1.165) is 13.1 Å². The molecule has 0 aromatic rings. The first-order valence-electron chi connectivity index (χ1n) is 2.68. The Hall–Kier alpha value is -0.0600. The van der Waals surface area contributed by atoms with Crippen LogP contribution in [0.5, 0.6) is 0 Å². The quantitative estimate of drug-likeness (QED) is 0.331. The van der Waals surface area contributed by atoms with E-state index in [9.17, 15) is 0 Å². The van der Waals surface area contributed by atoms with Crippen LogP contribution >= 0.6 is 24.8 Å². The minimum atomic E-state index is 0.527. The van der Waals surface area contributed by atoms with Crippen LogP contribution < -0.4 is 5.43 Å². The summed E-state index contributed by atoms with van der Waals surface area (Å²) in [6.45, 7) is 1.83.